The van der Waals surface area contributed by atoms with Gasteiger partial charge in [-0.05, 0) is 31.0 Å². The lowest BCUT2D eigenvalue weighted by Gasteiger charge is -2.24. The van der Waals surface area contributed by atoms with Crippen LogP contribution in [0.2, 0.25) is 0 Å². The Morgan fingerprint density at radius 1 is 1.33 bits per heavy atom. The summed E-state index contributed by atoms with van der Waals surface area (Å²) >= 11 is 0. The van der Waals surface area contributed by atoms with Crippen LogP contribution in [0.3, 0.4) is 0 Å². The number of amides is 1. The molecule has 0 spiro atoms. The van der Waals surface area contributed by atoms with Gasteiger partial charge in [0.1, 0.15) is 0 Å². The van der Waals surface area contributed by atoms with Crippen molar-refractivity contribution < 1.29 is 22.5 Å². The number of carbonyl (C=O) groups is 1. The lowest BCUT2D eigenvalue weighted by atomic mass is 9.85. The molecule has 7 nitrogen and oxygen atoms in total. The lowest BCUT2D eigenvalue weighted by Crippen LogP contribution is -2.36. The predicted molar refractivity (Wildman–Crippen MR) is 88.4 cm³/mol. The maximum atomic E-state index is 12.6. The number of rotatable bonds is 5. The molecule has 2 aromatic heterocycles. The highest BCUT2D eigenvalue weighted by Gasteiger charge is 2.38. The number of benzene rings is 1. The maximum Gasteiger partial charge on any atom is 0.471 e. The van der Waals surface area contributed by atoms with E-state index in [1.54, 1.807) is 24.5 Å². The molecule has 1 aliphatic carbocycles. The third-order valence-corrected chi connectivity index (χ3v) is 4.68. The number of nitrogens with one attached hydrogen (secondary N) is 1. The van der Waals surface area contributed by atoms with E-state index in [0.29, 0.717) is 29.7 Å². The fraction of sp³-hybridized carbons (Fsp3) is 0.412. The highest BCUT2D eigenvalue weighted by atomic mass is 19.4. The van der Waals surface area contributed by atoms with Gasteiger partial charge in [0.25, 0.3) is 0 Å². The predicted octanol–water partition coefficient (Wildman–Crippen LogP) is 3.02. The standard InChI is InChI=1S/C17H16F3N5O2/c18-17(19,20)16-23-14(24-27-16)11-4-5-12-13(8-11)25(9-22-12)7-6-21-15(26)10-2-1-3-10/h4-5,8-10H,1-3,6-7H2,(H,21,26). The summed E-state index contributed by atoms with van der Waals surface area (Å²) in [6, 6.07) is 4.92. The molecule has 3 aromatic rings. The molecule has 0 saturated heterocycles. The fourth-order valence-electron chi connectivity index (χ4n) is 2.94. The summed E-state index contributed by atoms with van der Waals surface area (Å²) in [6.45, 7) is 0.948. The molecule has 1 fully saturated rings. The topological polar surface area (TPSA) is 85.8 Å². The minimum absolute atomic E-state index is 0.0674. The summed E-state index contributed by atoms with van der Waals surface area (Å²) in [7, 11) is 0. The summed E-state index contributed by atoms with van der Waals surface area (Å²) in [5, 5.41) is 6.30. The number of hydrogen-bond acceptors (Lipinski definition) is 5. The second-order valence-electron chi connectivity index (χ2n) is 6.48. The van der Waals surface area contributed by atoms with Crippen molar-refractivity contribution in [3.63, 3.8) is 0 Å². The average molecular weight is 379 g/mol. The van der Waals surface area contributed by atoms with E-state index < -0.39 is 12.1 Å². The number of nitrogens with zero attached hydrogens (tertiary/aromatic N) is 4. The number of carbonyl (C=O) groups excluding carboxylic acids is 1. The minimum atomic E-state index is -4.68. The van der Waals surface area contributed by atoms with E-state index in [1.807, 2.05) is 4.57 Å². The molecule has 1 aliphatic rings. The molecule has 27 heavy (non-hydrogen) atoms. The van der Waals surface area contributed by atoms with Gasteiger partial charge in [0, 0.05) is 24.6 Å². The zero-order chi connectivity index (χ0) is 19.0. The van der Waals surface area contributed by atoms with Crippen LogP contribution < -0.4 is 5.32 Å². The Bertz CT molecular complexity index is 975. The highest BCUT2D eigenvalue weighted by Crippen LogP contribution is 2.30. The van der Waals surface area contributed by atoms with Crippen molar-refractivity contribution in [3.8, 4) is 11.4 Å². The van der Waals surface area contributed by atoms with Gasteiger partial charge in [-0.15, -0.1) is 0 Å². The first kappa shape index (κ1) is 17.5. The molecular weight excluding hydrogens is 363 g/mol. The molecule has 1 N–H and O–H groups in total. The second kappa shape index (κ2) is 6.67. The van der Waals surface area contributed by atoms with Crippen molar-refractivity contribution in [2.75, 3.05) is 6.54 Å². The smallest absolute Gasteiger partial charge is 0.354 e. The van der Waals surface area contributed by atoms with E-state index >= 15 is 0 Å². The van der Waals surface area contributed by atoms with E-state index in [1.165, 1.54) is 0 Å². The van der Waals surface area contributed by atoms with Crippen LogP contribution in [0, 0.1) is 5.92 Å². The van der Waals surface area contributed by atoms with Crippen LogP contribution in [0.25, 0.3) is 22.4 Å². The molecule has 1 saturated carbocycles. The van der Waals surface area contributed by atoms with Crippen LogP contribution >= 0.6 is 0 Å². The third kappa shape index (κ3) is 3.51. The van der Waals surface area contributed by atoms with Crippen molar-refractivity contribution in [1.82, 2.24) is 25.0 Å². The zero-order valence-corrected chi connectivity index (χ0v) is 14.2. The first-order valence-corrected chi connectivity index (χ1v) is 8.56. The van der Waals surface area contributed by atoms with E-state index in [4.69, 9.17) is 0 Å². The maximum absolute atomic E-state index is 12.6. The van der Waals surface area contributed by atoms with E-state index in [9.17, 15) is 18.0 Å². The number of fused-ring (bicyclic) bond motifs is 1. The molecule has 0 atom stereocenters. The molecule has 1 amide bonds. The number of alkyl halides is 3. The van der Waals surface area contributed by atoms with E-state index in [-0.39, 0.29) is 17.6 Å². The summed E-state index contributed by atoms with van der Waals surface area (Å²) in [5.74, 6) is -1.34. The van der Waals surface area contributed by atoms with Crippen molar-refractivity contribution in [3.05, 3.63) is 30.4 Å². The van der Waals surface area contributed by atoms with E-state index in [0.717, 1.165) is 19.3 Å². The van der Waals surface area contributed by atoms with Crippen molar-refractivity contribution in [2.45, 2.75) is 32.0 Å². The lowest BCUT2D eigenvalue weighted by molar-refractivity contribution is -0.159. The van der Waals surface area contributed by atoms with Gasteiger partial charge in [-0.3, -0.25) is 4.79 Å². The first-order valence-electron chi connectivity index (χ1n) is 8.56. The number of aromatic nitrogens is 4. The van der Waals surface area contributed by atoms with Crippen molar-refractivity contribution >= 4 is 16.9 Å². The van der Waals surface area contributed by atoms with Gasteiger partial charge in [-0.25, -0.2) is 4.98 Å². The Kier molecular flexibility index (Phi) is 4.33. The number of imidazole rings is 1. The normalized spacial score (nSPS) is 15.1. The molecule has 10 heteroatoms. The molecule has 0 aliphatic heterocycles. The summed E-state index contributed by atoms with van der Waals surface area (Å²) in [4.78, 5) is 19.6. The molecule has 4 rings (SSSR count). The number of halogens is 3. The van der Waals surface area contributed by atoms with Gasteiger partial charge >= 0.3 is 12.1 Å². The Morgan fingerprint density at radius 3 is 2.81 bits per heavy atom. The van der Waals surface area contributed by atoms with E-state index in [2.05, 4.69) is 25.0 Å². The van der Waals surface area contributed by atoms with Crippen molar-refractivity contribution in [1.29, 1.82) is 0 Å². The van der Waals surface area contributed by atoms with Crippen LogP contribution in [-0.4, -0.2) is 32.1 Å². The summed E-state index contributed by atoms with van der Waals surface area (Å²) in [5.41, 5.74) is 1.79. The van der Waals surface area contributed by atoms with Crippen molar-refractivity contribution in [2.24, 2.45) is 5.92 Å². The average Bonchev–Trinajstić information content (AvgIpc) is 3.19. The van der Waals surface area contributed by atoms with Crippen LogP contribution in [0.5, 0.6) is 0 Å². The van der Waals surface area contributed by atoms with Gasteiger partial charge in [0.2, 0.25) is 11.7 Å². The third-order valence-electron chi connectivity index (χ3n) is 4.68. The Balaban J connectivity index is 1.50. The molecule has 0 bridgehead atoms. The quantitative estimate of drug-likeness (QED) is 0.737. The minimum Gasteiger partial charge on any atom is -0.354 e. The SMILES string of the molecule is O=C(NCCn1cnc2ccc(-c3noc(C(F)(F)F)n3)cc21)C1CCC1. The van der Waals surface area contributed by atoms with Crippen LogP contribution in [0.1, 0.15) is 25.2 Å². The molecule has 2 heterocycles. The molecule has 0 radical (unpaired) electrons. The van der Waals surface area contributed by atoms with Gasteiger partial charge in [-0.2, -0.15) is 18.2 Å². The van der Waals surface area contributed by atoms with Gasteiger partial charge < -0.3 is 14.4 Å². The largest absolute Gasteiger partial charge is 0.471 e. The second-order valence-corrected chi connectivity index (χ2v) is 6.48. The molecule has 0 unspecified atom stereocenters. The summed E-state index contributed by atoms with van der Waals surface area (Å²) in [6.07, 6.45) is -0.0854. The Hall–Kier alpha value is -2.91. The van der Waals surface area contributed by atoms with Gasteiger partial charge in [0.15, 0.2) is 0 Å². The van der Waals surface area contributed by atoms with Crippen LogP contribution in [0.15, 0.2) is 29.0 Å². The summed E-state index contributed by atoms with van der Waals surface area (Å²) < 4.78 is 44.0. The van der Waals surface area contributed by atoms with Gasteiger partial charge in [0.05, 0.1) is 17.4 Å². The highest BCUT2D eigenvalue weighted by molar-refractivity contribution is 5.81. The number of hydrogen-bond donors (Lipinski definition) is 1. The van der Waals surface area contributed by atoms with Crippen LogP contribution in [-0.2, 0) is 17.5 Å². The molecular formula is C17H16F3N5O2. The monoisotopic (exact) mass is 379 g/mol. The first-order chi connectivity index (χ1) is 12.9. The molecule has 1 aromatic carbocycles. The fourth-order valence-corrected chi connectivity index (χ4v) is 2.94. The Morgan fingerprint density at radius 2 is 2.15 bits per heavy atom. The van der Waals surface area contributed by atoms with Gasteiger partial charge in [-0.1, -0.05) is 11.6 Å². The Labute approximate surface area is 151 Å². The molecule has 142 valence electrons. The zero-order valence-electron chi connectivity index (χ0n) is 14.2. The van der Waals surface area contributed by atoms with Crippen LogP contribution in [0.4, 0.5) is 13.2 Å².